The van der Waals surface area contributed by atoms with Crippen molar-refractivity contribution in [2.24, 2.45) is 0 Å². The summed E-state index contributed by atoms with van der Waals surface area (Å²) in [4.78, 5) is 31.6. The van der Waals surface area contributed by atoms with Crippen molar-refractivity contribution in [1.29, 1.82) is 0 Å². The molecule has 0 radical (unpaired) electrons. The van der Waals surface area contributed by atoms with Crippen LogP contribution in [0.5, 0.6) is 0 Å². The predicted molar refractivity (Wildman–Crippen MR) is 133 cm³/mol. The van der Waals surface area contributed by atoms with E-state index in [0.29, 0.717) is 32.3 Å². The molecule has 1 amide bonds. The molecule has 1 atom stereocenters. The summed E-state index contributed by atoms with van der Waals surface area (Å²) in [6.07, 6.45) is 1.88. The van der Waals surface area contributed by atoms with Gasteiger partial charge in [0.15, 0.2) is 5.16 Å². The summed E-state index contributed by atoms with van der Waals surface area (Å²) in [7, 11) is 0. The minimum absolute atomic E-state index is 0.151. The monoisotopic (exact) mass is 493 g/mol. The Hall–Kier alpha value is -3.16. The number of aryl methyl sites for hydroxylation is 1. The van der Waals surface area contributed by atoms with E-state index in [1.54, 1.807) is 30.3 Å². The molecule has 0 spiro atoms. The predicted octanol–water partition coefficient (Wildman–Crippen LogP) is 5.60. The fraction of sp³-hybridized carbons (Fsp3) is 0.192. The molecule has 1 aromatic heterocycles. The lowest BCUT2D eigenvalue weighted by atomic mass is 10.1. The van der Waals surface area contributed by atoms with Gasteiger partial charge in [0, 0.05) is 11.1 Å². The van der Waals surface area contributed by atoms with Crippen LogP contribution in [0.2, 0.25) is 5.02 Å². The Kier molecular flexibility index (Phi) is 6.15. The number of hydrogen-bond donors (Lipinski definition) is 1. The first kappa shape index (κ1) is 22.6. The first-order valence-electron chi connectivity index (χ1n) is 10.9. The second kappa shape index (κ2) is 9.24. The Morgan fingerprint density at radius 3 is 2.62 bits per heavy atom. The number of nitrogens with zero attached hydrogens (tertiary/aromatic N) is 2. The number of carbonyl (C=O) groups excluding carboxylic acids is 1. The van der Waals surface area contributed by atoms with E-state index >= 15 is 0 Å². The van der Waals surface area contributed by atoms with Gasteiger partial charge in [-0.25, -0.2) is 9.37 Å². The molecule has 8 heteroatoms. The molecule has 5 nitrogen and oxygen atoms in total. The molecule has 1 N–H and O–H groups in total. The number of aromatic nitrogens is 2. The summed E-state index contributed by atoms with van der Waals surface area (Å²) in [5.74, 6) is -0.583. The number of thioether (sulfide) groups is 1. The molecule has 172 valence electrons. The van der Waals surface area contributed by atoms with Gasteiger partial charge < -0.3 is 5.32 Å². The molecule has 0 bridgehead atoms. The highest BCUT2D eigenvalue weighted by Gasteiger charge is 2.30. The van der Waals surface area contributed by atoms with Crippen LogP contribution in [0.4, 0.5) is 4.39 Å². The molecule has 1 unspecified atom stereocenters. The summed E-state index contributed by atoms with van der Waals surface area (Å²) in [5, 5.41) is 3.55. The van der Waals surface area contributed by atoms with Crippen molar-refractivity contribution in [1.82, 2.24) is 14.9 Å². The molecular weight excluding hydrogens is 473 g/mol. The number of halogens is 2. The van der Waals surface area contributed by atoms with Gasteiger partial charge in [0.05, 0.1) is 16.6 Å². The number of carbonyl (C=O) groups is 1. The van der Waals surface area contributed by atoms with Crippen molar-refractivity contribution < 1.29 is 9.18 Å². The quantitative estimate of drug-likeness (QED) is 0.280. The van der Waals surface area contributed by atoms with E-state index in [1.807, 2.05) is 31.2 Å². The van der Waals surface area contributed by atoms with Gasteiger partial charge in [-0.15, -0.1) is 0 Å². The van der Waals surface area contributed by atoms with Crippen molar-refractivity contribution in [2.75, 3.05) is 0 Å². The lowest BCUT2D eigenvalue weighted by molar-refractivity contribution is -0.120. The van der Waals surface area contributed by atoms with E-state index in [9.17, 15) is 14.0 Å². The SMILES string of the molecule is Cc1cccc(-n2c(SC(C(=O)NC3CC3)c3ccc(F)cc3)nc3cc(Cl)ccc3c2=O)c1. The topological polar surface area (TPSA) is 64.0 Å². The standard InChI is InChI=1S/C26H21ClFN3O2S/c1-15-3-2-4-20(13-15)31-25(33)21-12-7-17(27)14-22(21)30-26(31)34-23(24(32)29-19-10-11-19)16-5-8-18(28)9-6-16/h2-9,12-14,19,23H,10-11H2,1H3,(H,29,32). The summed E-state index contributed by atoms with van der Waals surface area (Å²) in [5.41, 5.74) is 2.45. The van der Waals surface area contributed by atoms with Gasteiger partial charge in [0.25, 0.3) is 5.56 Å². The third-order valence-corrected chi connectivity index (χ3v) is 7.06. The van der Waals surface area contributed by atoms with E-state index in [1.165, 1.54) is 16.7 Å². The van der Waals surface area contributed by atoms with Crippen LogP contribution >= 0.6 is 23.4 Å². The van der Waals surface area contributed by atoms with E-state index in [-0.39, 0.29) is 23.3 Å². The van der Waals surface area contributed by atoms with Crippen molar-refractivity contribution in [3.8, 4) is 5.69 Å². The molecule has 1 heterocycles. The zero-order chi connectivity index (χ0) is 23.8. The third kappa shape index (κ3) is 4.72. The molecule has 1 fully saturated rings. The minimum atomic E-state index is -0.721. The summed E-state index contributed by atoms with van der Waals surface area (Å²) < 4.78 is 15.1. The smallest absolute Gasteiger partial charge is 0.266 e. The van der Waals surface area contributed by atoms with Crippen LogP contribution in [0.15, 0.2) is 76.7 Å². The lowest BCUT2D eigenvalue weighted by Crippen LogP contribution is -2.30. The van der Waals surface area contributed by atoms with Gasteiger partial charge in [-0.1, -0.05) is 47.6 Å². The highest BCUT2D eigenvalue weighted by molar-refractivity contribution is 8.00. The van der Waals surface area contributed by atoms with E-state index < -0.39 is 5.25 Å². The van der Waals surface area contributed by atoms with E-state index in [0.717, 1.165) is 30.2 Å². The van der Waals surface area contributed by atoms with Crippen LogP contribution in [0.1, 0.15) is 29.2 Å². The second-order valence-electron chi connectivity index (χ2n) is 8.37. The Morgan fingerprint density at radius 1 is 1.15 bits per heavy atom. The van der Waals surface area contributed by atoms with Crippen molar-refractivity contribution in [2.45, 2.75) is 36.2 Å². The van der Waals surface area contributed by atoms with Crippen LogP contribution in [0.3, 0.4) is 0 Å². The average Bonchev–Trinajstić information content (AvgIpc) is 3.62. The second-order valence-corrected chi connectivity index (χ2v) is 9.88. The lowest BCUT2D eigenvalue weighted by Gasteiger charge is -2.20. The van der Waals surface area contributed by atoms with Gasteiger partial charge >= 0.3 is 0 Å². The summed E-state index contributed by atoms with van der Waals surface area (Å²) >= 11 is 7.34. The molecule has 3 aromatic carbocycles. The van der Waals surface area contributed by atoms with Crippen molar-refractivity contribution in [3.63, 3.8) is 0 Å². The van der Waals surface area contributed by atoms with Crippen molar-refractivity contribution in [3.05, 3.63) is 99.1 Å². The normalized spacial score (nSPS) is 14.2. The van der Waals surface area contributed by atoms with Gasteiger partial charge in [0.1, 0.15) is 11.1 Å². The van der Waals surface area contributed by atoms with Gasteiger partial charge in [-0.2, -0.15) is 0 Å². The maximum absolute atomic E-state index is 13.6. The fourth-order valence-corrected chi connectivity index (χ4v) is 5.02. The number of hydrogen-bond acceptors (Lipinski definition) is 4. The van der Waals surface area contributed by atoms with Crippen molar-refractivity contribution >= 4 is 40.2 Å². The molecular formula is C26H21ClFN3O2S. The molecule has 1 aliphatic carbocycles. The maximum atomic E-state index is 13.6. The number of rotatable bonds is 6. The zero-order valence-electron chi connectivity index (χ0n) is 18.3. The van der Waals surface area contributed by atoms with E-state index in [4.69, 9.17) is 16.6 Å². The molecule has 5 rings (SSSR count). The van der Waals surface area contributed by atoms with Crippen LogP contribution in [0.25, 0.3) is 16.6 Å². The third-order valence-electron chi connectivity index (χ3n) is 5.62. The number of fused-ring (bicyclic) bond motifs is 1. The summed E-state index contributed by atoms with van der Waals surface area (Å²) in [6.45, 7) is 1.94. The van der Waals surface area contributed by atoms with Gasteiger partial charge in [-0.05, 0) is 73.4 Å². The van der Waals surface area contributed by atoms with E-state index in [2.05, 4.69) is 5.32 Å². The molecule has 34 heavy (non-hydrogen) atoms. The molecule has 1 aliphatic rings. The Bertz CT molecular complexity index is 1450. The molecule has 0 aliphatic heterocycles. The van der Waals surface area contributed by atoms with Gasteiger partial charge in [0.2, 0.25) is 5.91 Å². The summed E-state index contributed by atoms with van der Waals surface area (Å²) in [6, 6.07) is 18.5. The number of nitrogens with one attached hydrogen (secondary N) is 1. The highest BCUT2D eigenvalue weighted by atomic mass is 35.5. The van der Waals surface area contributed by atoms with Crippen LogP contribution in [-0.4, -0.2) is 21.5 Å². The van der Waals surface area contributed by atoms with Crippen LogP contribution in [-0.2, 0) is 4.79 Å². The van der Waals surface area contributed by atoms with Gasteiger partial charge in [-0.3, -0.25) is 14.2 Å². The largest absolute Gasteiger partial charge is 0.352 e. The first-order chi connectivity index (χ1) is 16.4. The Balaban J connectivity index is 1.68. The van der Waals surface area contributed by atoms with Crippen LogP contribution in [0, 0.1) is 12.7 Å². The fourth-order valence-electron chi connectivity index (χ4n) is 3.73. The Labute approximate surface area is 205 Å². The minimum Gasteiger partial charge on any atom is -0.352 e. The maximum Gasteiger partial charge on any atom is 0.266 e. The Morgan fingerprint density at radius 2 is 1.91 bits per heavy atom. The average molecular weight is 494 g/mol. The number of benzene rings is 3. The molecule has 1 saturated carbocycles. The van der Waals surface area contributed by atoms with Crippen LogP contribution < -0.4 is 10.9 Å². The number of amides is 1. The molecule has 0 saturated heterocycles. The zero-order valence-corrected chi connectivity index (χ0v) is 19.9. The highest BCUT2D eigenvalue weighted by Crippen LogP contribution is 2.37. The first-order valence-corrected chi connectivity index (χ1v) is 12.2. The molecule has 4 aromatic rings.